The lowest BCUT2D eigenvalue weighted by atomic mass is 10.1. The standard InChI is InChI=1S/C16H13Br2N/c1-3-12-5-4-6-14(9-12)19-11(2)15-8-7-13(17)10-16(15)18/h1,4-11,19H,2H3. The van der Waals surface area contributed by atoms with E-state index in [4.69, 9.17) is 6.42 Å². The predicted octanol–water partition coefficient (Wildman–Crippen LogP) is 5.37. The van der Waals surface area contributed by atoms with Crippen molar-refractivity contribution in [3.63, 3.8) is 0 Å². The smallest absolute Gasteiger partial charge is 0.0496 e. The minimum Gasteiger partial charge on any atom is -0.378 e. The first-order valence-electron chi connectivity index (χ1n) is 5.88. The van der Waals surface area contributed by atoms with E-state index in [-0.39, 0.29) is 6.04 Å². The maximum Gasteiger partial charge on any atom is 0.0496 e. The molecular formula is C16H13Br2N. The minimum absolute atomic E-state index is 0.190. The Bertz CT molecular complexity index is 629. The first-order chi connectivity index (χ1) is 9.10. The summed E-state index contributed by atoms with van der Waals surface area (Å²) in [4.78, 5) is 0. The maximum atomic E-state index is 5.41. The molecule has 0 bridgehead atoms. The van der Waals surface area contributed by atoms with Crippen molar-refractivity contribution >= 4 is 37.5 Å². The molecule has 1 nitrogen and oxygen atoms in total. The van der Waals surface area contributed by atoms with Gasteiger partial charge in [-0.15, -0.1) is 6.42 Å². The van der Waals surface area contributed by atoms with Crippen molar-refractivity contribution in [2.45, 2.75) is 13.0 Å². The fourth-order valence-electron chi connectivity index (χ4n) is 1.88. The first-order valence-corrected chi connectivity index (χ1v) is 7.47. The molecular weight excluding hydrogens is 366 g/mol. The lowest BCUT2D eigenvalue weighted by Crippen LogP contribution is -2.07. The van der Waals surface area contributed by atoms with Gasteiger partial charge >= 0.3 is 0 Å². The normalized spacial score (nSPS) is 11.7. The Morgan fingerprint density at radius 3 is 2.63 bits per heavy atom. The second-order valence-corrected chi connectivity index (χ2v) is 6.03. The van der Waals surface area contributed by atoms with Crippen LogP contribution >= 0.6 is 31.9 Å². The van der Waals surface area contributed by atoms with Gasteiger partial charge in [0, 0.05) is 26.2 Å². The molecule has 19 heavy (non-hydrogen) atoms. The molecule has 0 aliphatic carbocycles. The highest BCUT2D eigenvalue weighted by atomic mass is 79.9. The van der Waals surface area contributed by atoms with Crippen molar-refractivity contribution in [1.29, 1.82) is 0 Å². The van der Waals surface area contributed by atoms with Crippen molar-refractivity contribution in [2.24, 2.45) is 0 Å². The molecule has 1 atom stereocenters. The Hall–Kier alpha value is -1.24. The summed E-state index contributed by atoms with van der Waals surface area (Å²) in [5, 5.41) is 3.45. The lowest BCUT2D eigenvalue weighted by molar-refractivity contribution is 0.878. The third-order valence-corrected chi connectivity index (χ3v) is 4.02. The Balaban J connectivity index is 2.20. The fraction of sp³-hybridized carbons (Fsp3) is 0.125. The van der Waals surface area contributed by atoms with E-state index < -0.39 is 0 Å². The molecule has 3 heteroatoms. The van der Waals surface area contributed by atoms with Crippen LogP contribution in [-0.2, 0) is 0 Å². The van der Waals surface area contributed by atoms with Crippen molar-refractivity contribution in [2.75, 3.05) is 5.32 Å². The van der Waals surface area contributed by atoms with Crippen LogP contribution in [0, 0.1) is 12.3 Å². The Labute approximate surface area is 130 Å². The van der Waals surface area contributed by atoms with Crippen LogP contribution in [0.3, 0.4) is 0 Å². The molecule has 0 saturated carbocycles. The Morgan fingerprint density at radius 1 is 1.16 bits per heavy atom. The number of nitrogens with one attached hydrogen (secondary N) is 1. The number of hydrogen-bond acceptors (Lipinski definition) is 1. The zero-order chi connectivity index (χ0) is 13.8. The van der Waals surface area contributed by atoms with Gasteiger partial charge < -0.3 is 5.32 Å². The van der Waals surface area contributed by atoms with Crippen LogP contribution in [0.25, 0.3) is 0 Å². The molecule has 0 radical (unpaired) electrons. The van der Waals surface area contributed by atoms with Crippen LogP contribution in [0.2, 0.25) is 0 Å². The maximum absolute atomic E-state index is 5.41. The van der Waals surface area contributed by atoms with Gasteiger partial charge in [0.1, 0.15) is 0 Å². The predicted molar refractivity (Wildman–Crippen MR) is 88.3 cm³/mol. The third-order valence-electron chi connectivity index (χ3n) is 2.84. The summed E-state index contributed by atoms with van der Waals surface area (Å²) in [6.07, 6.45) is 5.41. The van der Waals surface area contributed by atoms with Gasteiger partial charge in [-0.05, 0) is 42.8 Å². The Kier molecular flexibility index (Phi) is 4.68. The average Bonchev–Trinajstić information content (AvgIpc) is 2.38. The molecule has 1 unspecified atom stereocenters. The zero-order valence-electron chi connectivity index (χ0n) is 10.5. The highest BCUT2D eigenvalue weighted by molar-refractivity contribution is 9.11. The van der Waals surface area contributed by atoms with Crippen molar-refractivity contribution in [3.05, 3.63) is 62.5 Å². The second-order valence-electron chi connectivity index (χ2n) is 4.26. The van der Waals surface area contributed by atoms with Crippen molar-refractivity contribution < 1.29 is 0 Å². The average molecular weight is 379 g/mol. The van der Waals surface area contributed by atoms with Gasteiger partial charge in [-0.3, -0.25) is 0 Å². The molecule has 0 aliphatic heterocycles. The molecule has 0 amide bonds. The van der Waals surface area contributed by atoms with Crippen molar-refractivity contribution in [1.82, 2.24) is 0 Å². The molecule has 1 N–H and O–H groups in total. The summed E-state index contributed by atoms with van der Waals surface area (Å²) in [5.74, 6) is 2.64. The van der Waals surface area contributed by atoms with Gasteiger partial charge in [-0.25, -0.2) is 0 Å². The van der Waals surface area contributed by atoms with Gasteiger partial charge in [0.2, 0.25) is 0 Å². The van der Waals surface area contributed by atoms with Crippen LogP contribution < -0.4 is 5.32 Å². The van der Waals surface area contributed by atoms with Crippen LogP contribution in [0.1, 0.15) is 24.1 Å². The minimum atomic E-state index is 0.190. The highest BCUT2D eigenvalue weighted by Gasteiger charge is 2.09. The van der Waals surface area contributed by atoms with Gasteiger partial charge in [0.15, 0.2) is 0 Å². The zero-order valence-corrected chi connectivity index (χ0v) is 13.6. The summed E-state index contributed by atoms with van der Waals surface area (Å²) >= 11 is 7.05. The van der Waals surface area contributed by atoms with E-state index in [0.717, 1.165) is 20.2 Å². The molecule has 0 heterocycles. The number of hydrogen-bond donors (Lipinski definition) is 1. The summed E-state index contributed by atoms with van der Waals surface area (Å²) < 4.78 is 2.14. The van der Waals surface area contributed by atoms with Gasteiger partial charge in [-0.2, -0.15) is 0 Å². The molecule has 0 aromatic heterocycles. The summed E-state index contributed by atoms with van der Waals surface area (Å²) in [6, 6.07) is 14.2. The molecule has 0 spiro atoms. The number of anilines is 1. The highest BCUT2D eigenvalue weighted by Crippen LogP contribution is 2.29. The summed E-state index contributed by atoms with van der Waals surface area (Å²) in [7, 11) is 0. The summed E-state index contributed by atoms with van der Waals surface area (Å²) in [6.45, 7) is 2.12. The molecule has 2 rings (SSSR count). The Morgan fingerprint density at radius 2 is 1.95 bits per heavy atom. The largest absolute Gasteiger partial charge is 0.378 e. The van der Waals surface area contributed by atoms with Crippen molar-refractivity contribution in [3.8, 4) is 12.3 Å². The topological polar surface area (TPSA) is 12.0 Å². The molecule has 0 saturated heterocycles. The van der Waals surface area contributed by atoms with E-state index in [0.29, 0.717) is 0 Å². The van der Waals surface area contributed by atoms with Gasteiger partial charge in [0.05, 0.1) is 0 Å². The first kappa shape index (κ1) is 14.2. The van der Waals surface area contributed by atoms with E-state index >= 15 is 0 Å². The van der Waals surface area contributed by atoms with E-state index in [9.17, 15) is 0 Å². The fourth-order valence-corrected chi connectivity index (χ4v) is 3.27. The number of benzene rings is 2. The van der Waals surface area contributed by atoms with E-state index in [1.54, 1.807) is 0 Å². The van der Waals surface area contributed by atoms with E-state index in [1.165, 1.54) is 5.56 Å². The van der Waals surface area contributed by atoms with Gasteiger partial charge in [-0.1, -0.05) is 49.9 Å². The van der Waals surface area contributed by atoms with Crippen LogP contribution in [0.5, 0.6) is 0 Å². The SMILES string of the molecule is C#Cc1cccc(NC(C)c2ccc(Br)cc2Br)c1. The molecule has 2 aromatic carbocycles. The van der Waals surface area contributed by atoms with Crippen LogP contribution in [0.4, 0.5) is 5.69 Å². The third kappa shape index (κ3) is 3.62. The van der Waals surface area contributed by atoms with E-state index in [1.807, 2.05) is 36.4 Å². The van der Waals surface area contributed by atoms with Gasteiger partial charge in [0.25, 0.3) is 0 Å². The molecule has 0 fully saturated rings. The number of rotatable bonds is 3. The summed E-state index contributed by atoms with van der Waals surface area (Å²) in [5.41, 5.74) is 3.11. The monoisotopic (exact) mass is 377 g/mol. The second kappa shape index (κ2) is 6.27. The number of terminal acetylenes is 1. The number of halogens is 2. The molecule has 0 aliphatic rings. The van der Waals surface area contributed by atoms with Crippen LogP contribution in [0.15, 0.2) is 51.4 Å². The van der Waals surface area contributed by atoms with Crippen LogP contribution in [-0.4, -0.2) is 0 Å². The molecule has 96 valence electrons. The molecule has 2 aromatic rings. The lowest BCUT2D eigenvalue weighted by Gasteiger charge is -2.17. The quantitative estimate of drug-likeness (QED) is 0.708. The van der Waals surface area contributed by atoms with E-state index in [2.05, 4.69) is 56.1 Å².